The Balaban J connectivity index is 1.87. The van der Waals surface area contributed by atoms with E-state index in [1.807, 2.05) is 42.2 Å². The molecule has 0 bridgehead atoms. The third-order valence-corrected chi connectivity index (χ3v) is 5.46. The second-order valence-electron chi connectivity index (χ2n) is 7.59. The molecule has 0 unspecified atom stereocenters. The summed E-state index contributed by atoms with van der Waals surface area (Å²) >= 11 is 5.67. The van der Waals surface area contributed by atoms with Crippen molar-refractivity contribution in [2.75, 3.05) is 20.3 Å². The average Bonchev–Trinajstić information content (AvgIpc) is 2.72. The predicted octanol–water partition coefficient (Wildman–Crippen LogP) is 4.06. The van der Waals surface area contributed by atoms with Crippen molar-refractivity contribution in [3.63, 3.8) is 0 Å². The van der Waals surface area contributed by atoms with E-state index in [1.165, 1.54) is 0 Å². The van der Waals surface area contributed by atoms with Crippen LogP contribution < -0.4 is 10.9 Å². The van der Waals surface area contributed by atoms with Crippen LogP contribution in [0, 0.1) is 13.8 Å². The van der Waals surface area contributed by atoms with Crippen molar-refractivity contribution in [3.05, 3.63) is 81.1 Å². The highest BCUT2D eigenvalue weighted by molar-refractivity contribution is 7.80. The lowest BCUT2D eigenvalue weighted by molar-refractivity contribution is 0.195. The Bertz CT molecular complexity index is 1060. The molecule has 0 spiro atoms. The van der Waals surface area contributed by atoms with Crippen LogP contribution in [0.1, 0.15) is 28.7 Å². The first kappa shape index (κ1) is 22.0. The van der Waals surface area contributed by atoms with Gasteiger partial charge in [0.15, 0.2) is 5.11 Å². The van der Waals surface area contributed by atoms with Gasteiger partial charge in [0.2, 0.25) is 0 Å². The molecule has 0 aliphatic heterocycles. The molecule has 30 heavy (non-hydrogen) atoms. The lowest BCUT2D eigenvalue weighted by Crippen LogP contribution is -2.40. The summed E-state index contributed by atoms with van der Waals surface area (Å²) in [5.41, 5.74) is 4.92. The van der Waals surface area contributed by atoms with Gasteiger partial charge in [-0.1, -0.05) is 36.4 Å². The van der Waals surface area contributed by atoms with Crippen LogP contribution in [-0.2, 0) is 17.8 Å². The molecular weight excluding hydrogens is 394 g/mol. The number of H-pyrrole nitrogens is 1. The number of aryl methyl sites for hydroxylation is 2. The summed E-state index contributed by atoms with van der Waals surface area (Å²) in [4.78, 5) is 17.9. The van der Waals surface area contributed by atoms with Crippen molar-refractivity contribution in [1.82, 2.24) is 15.2 Å². The highest BCUT2D eigenvalue weighted by atomic mass is 32.1. The molecule has 3 aromatic rings. The molecule has 0 aliphatic carbocycles. The van der Waals surface area contributed by atoms with Gasteiger partial charge in [-0.15, -0.1) is 0 Å². The first-order valence-electron chi connectivity index (χ1n) is 10.2. The third kappa shape index (κ3) is 5.68. The molecule has 2 aromatic carbocycles. The van der Waals surface area contributed by atoms with E-state index in [-0.39, 0.29) is 5.56 Å². The van der Waals surface area contributed by atoms with E-state index in [0.29, 0.717) is 30.4 Å². The van der Waals surface area contributed by atoms with Gasteiger partial charge in [0, 0.05) is 43.3 Å². The molecule has 0 saturated carbocycles. The number of nitrogens with one attached hydrogen (secondary N) is 2. The number of hydrogen-bond acceptors (Lipinski definition) is 3. The molecule has 5 nitrogen and oxygen atoms in total. The van der Waals surface area contributed by atoms with Crippen molar-refractivity contribution in [3.8, 4) is 0 Å². The van der Waals surface area contributed by atoms with Gasteiger partial charge in [-0.2, -0.15) is 0 Å². The summed E-state index contributed by atoms with van der Waals surface area (Å²) in [6.45, 7) is 6.57. The third-order valence-electron chi connectivity index (χ3n) is 5.06. The summed E-state index contributed by atoms with van der Waals surface area (Å²) in [5.74, 6) is 0. The number of aromatic nitrogens is 1. The molecule has 2 N–H and O–H groups in total. The molecule has 0 saturated heterocycles. The van der Waals surface area contributed by atoms with Crippen LogP contribution in [0.4, 0.5) is 0 Å². The van der Waals surface area contributed by atoms with Crippen LogP contribution in [0.25, 0.3) is 10.9 Å². The fraction of sp³-hybridized carbons (Fsp3) is 0.333. The van der Waals surface area contributed by atoms with E-state index in [4.69, 9.17) is 17.0 Å². The number of benzene rings is 2. The van der Waals surface area contributed by atoms with Crippen LogP contribution in [0.15, 0.2) is 53.3 Å². The topological polar surface area (TPSA) is 57.4 Å². The van der Waals surface area contributed by atoms with Crippen LogP contribution in [0.2, 0.25) is 0 Å². The Morgan fingerprint density at radius 3 is 2.63 bits per heavy atom. The maximum atomic E-state index is 12.8. The number of aromatic amines is 1. The van der Waals surface area contributed by atoms with Crippen LogP contribution in [0.5, 0.6) is 0 Å². The van der Waals surface area contributed by atoms with Crippen molar-refractivity contribution in [1.29, 1.82) is 0 Å². The number of nitrogens with zero attached hydrogens (tertiary/aromatic N) is 1. The first-order chi connectivity index (χ1) is 14.5. The fourth-order valence-corrected chi connectivity index (χ4v) is 3.80. The van der Waals surface area contributed by atoms with Crippen LogP contribution >= 0.6 is 12.2 Å². The Hall–Kier alpha value is -2.70. The Morgan fingerprint density at radius 1 is 1.13 bits per heavy atom. The lowest BCUT2D eigenvalue weighted by atomic mass is 10.0. The maximum absolute atomic E-state index is 12.8. The molecule has 0 amide bonds. The number of rotatable bonds is 8. The van der Waals surface area contributed by atoms with Gasteiger partial charge in [-0.3, -0.25) is 4.79 Å². The largest absolute Gasteiger partial charge is 0.385 e. The molecule has 0 aliphatic rings. The molecule has 0 fully saturated rings. The van der Waals surface area contributed by atoms with Gasteiger partial charge < -0.3 is 19.9 Å². The highest BCUT2D eigenvalue weighted by Gasteiger charge is 2.14. The van der Waals surface area contributed by atoms with Gasteiger partial charge >= 0.3 is 0 Å². The highest BCUT2D eigenvalue weighted by Crippen LogP contribution is 2.19. The van der Waals surface area contributed by atoms with Gasteiger partial charge in [-0.05, 0) is 61.3 Å². The number of methoxy groups -OCH3 is 1. The lowest BCUT2D eigenvalue weighted by Gasteiger charge is -2.26. The smallest absolute Gasteiger partial charge is 0.253 e. The maximum Gasteiger partial charge on any atom is 0.253 e. The second-order valence-corrected chi connectivity index (χ2v) is 7.97. The Morgan fingerprint density at radius 2 is 1.90 bits per heavy atom. The van der Waals surface area contributed by atoms with Gasteiger partial charge in [-0.25, -0.2) is 0 Å². The molecule has 1 heterocycles. The van der Waals surface area contributed by atoms with E-state index in [2.05, 4.69) is 35.4 Å². The number of pyridine rings is 1. The normalized spacial score (nSPS) is 10.9. The average molecular weight is 424 g/mol. The minimum atomic E-state index is -0.0762. The summed E-state index contributed by atoms with van der Waals surface area (Å²) in [6.07, 6.45) is 0.866. The van der Waals surface area contributed by atoms with E-state index in [0.717, 1.165) is 40.6 Å². The first-order valence-corrected chi connectivity index (χ1v) is 10.6. The number of ether oxygens (including phenoxy) is 1. The number of hydrogen-bond donors (Lipinski definition) is 2. The zero-order valence-electron chi connectivity index (χ0n) is 17.8. The summed E-state index contributed by atoms with van der Waals surface area (Å²) in [7, 11) is 1.69. The summed E-state index contributed by atoms with van der Waals surface area (Å²) < 4.78 is 5.11. The fourth-order valence-electron chi connectivity index (χ4n) is 3.57. The molecule has 1 aromatic heterocycles. The molecule has 3 rings (SSSR count). The van der Waals surface area contributed by atoms with Crippen molar-refractivity contribution >= 4 is 28.2 Å². The minimum Gasteiger partial charge on any atom is -0.385 e. The summed E-state index contributed by atoms with van der Waals surface area (Å²) in [5, 5.41) is 5.00. The zero-order chi connectivity index (χ0) is 21.5. The standard InChI is InChI=1S/C24H29N3O2S/c1-17-12-18(2)21-14-20(23(28)26-22(21)13-17)16-27(15-19-8-5-4-6-9-19)24(30)25-10-7-11-29-3/h4-6,8-9,12-14H,7,10-11,15-16H2,1-3H3,(H,25,30)(H,26,28). The SMILES string of the molecule is COCCCNC(=S)N(Cc1ccccc1)Cc1cc2c(C)cc(C)cc2[nH]c1=O. The quantitative estimate of drug-likeness (QED) is 0.423. The predicted molar refractivity (Wildman–Crippen MR) is 127 cm³/mol. The van der Waals surface area contributed by atoms with E-state index in [9.17, 15) is 4.79 Å². The van der Waals surface area contributed by atoms with Crippen molar-refractivity contribution in [2.45, 2.75) is 33.4 Å². The van der Waals surface area contributed by atoms with Crippen molar-refractivity contribution < 1.29 is 4.74 Å². The molecule has 6 heteroatoms. The molecule has 0 radical (unpaired) electrons. The van der Waals surface area contributed by atoms with Crippen LogP contribution in [0.3, 0.4) is 0 Å². The molecular formula is C24H29N3O2S. The zero-order valence-corrected chi connectivity index (χ0v) is 18.6. The van der Waals surface area contributed by atoms with Crippen molar-refractivity contribution in [2.24, 2.45) is 0 Å². The summed E-state index contributed by atoms with van der Waals surface area (Å²) in [6, 6.07) is 16.3. The van der Waals surface area contributed by atoms with Gasteiger partial charge in [0.25, 0.3) is 5.56 Å². The Kier molecular flexibility index (Phi) is 7.60. The molecule has 0 atom stereocenters. The number of fused-ring (bicyclic) bond motifs is 1. The second kappa shape index (κ2) is 10.4. The minimum absolute atomic E-state index is 0.0762. The van der Waals surface area contributed by atoms with Gasteiger partial charge in [0.1, 0.15) is 0 Å². The van der Waals surface area contributed by atoms with E-state index in [1.54, 1.807) is 7.11 Å². The van der Waals surface area contributed by atoms with E-state index >= 15 is 0 Å². The van der Waals surface area contributed by atoms with E-state index < -0.39 is 0 Å². The van der Waals surface area contributed by atoms with Crippen LogP contribution in [-0.4, -0.2) is 35.3 Å². The van der Waals surface area contributed by atoms with Gasteiger partial charge in [0.05, 0.1) is 6.54 Å². The number of thiocarbonyl (C=S) groups is 1. The Labute approximate surface area is 183 Å². The monoisotopic (exact) mass is 423 g/mol. The molecule has 158 valence electrons.